The van der Waals surface area contributed by atoms with E-state index >= 15 is 0 Å². The van der Waals surface area contributed by atoms with Crippen molar-refractivity contribution in [2.45, 2.75) is 45.1 Å². The maximum atomic E-state index is 11.2. The highest BCUT2D eigenvalue weighted by Gasteiger charge is 2.38. The summed E-state index contributed by atoms with van der Waals surface area (Å²) in [6.45, 7) is 4.60. The molecule has 0 saturated heterocycles. The topological polar surface area (TPSA) is 29.5 Å². The molecule has 3 nitrogen and oxygen atoms in total. The Kier molecular flexibility index (Phi) is 4.14. The highest BCUT2D eigenvalue weighted by molar-refractivity contribution is 5.66. The molecule has 0 radical (unpaired) electrons. The van der Waals surface area contributed by atoms with E-state index in [2.05, 4.69) is 11.8 Å². The van der Waals surface area contributed by atoms with Crippen molar-refractivity contribution in [3.63, 3.8) is 0 Å². The van der Waals surface area contributed by atoms with Crippen LogP contribution in [-0.2, 0) is 9.53 Å². The second-order valence-electron chi connectivity index (χ2n) is 5.22. The Morgan fingerprint density at radius 1 is 1.53 bits per heavy atom. The summed E-state index contributed by atoms with van der Waals surface area (Å²) in [6.07, 6.45) is 4.44. The average molecular weight is 213 g/mol. The van der Waals surface area contributed by atoms with Crippen molar-refractivity contribution in [3.8, 4) is 0 Å². The van der Waals surface area contributed by atoms with Gasteiger partial charge in [-0.25, -0.2) is 0 Å². The molecule has 0 amide bonds. The standard InChI is InChI=1S/C12H23NO2/c1-10-6-5-7-12(8-10,9-13(3)4)15-11(2)14/h10H,5-9H2,1-4H3. The molecule has 0 heterocycles. The van der Waals surface area contributed by atoms with Crippen molar-refractivity contribution in [2.24, 2.45) is 5.92 Å². The minimum Gasteiger partial charge on any atom is -0.458 e. The van der Waals surface area contributed by atoms with Crippen LogP contribution >= 0.6 is 0 Å². The molecule has 0 aromatic heterocycles. The van der Waals surface area contributed by atoms with Gasteiger partial charge < -0.3 is 9.64 Å². The third-order valence-corrected chi connectivity index (χ3v) is 3.01. The van der Waals surface area contributed by atoms with E-state index in [1.54, 1.807) is 0 Å². The predicted molar refractivity (Wildman–Crippen MR) is 60.7 cm³/mol. The predicted octanol–water partition coefficient (Wildman–Crippen LogP) is 2.06. The summed E-state index contributed by atoms with van der Waals surface area (Å²) in [5.41, 5.74) is -0.229. The first-order valence-electron chi connectivity index (χ1n) is 5.78. The van der Waals surface area contributed by atoms with Crippen molar-refractivity contribution in [1.82, 2.24) is 4.90 Å². The average Bonchev–Trinajstić information content (AvgIpc) is 1.99. The third kappa shape index (κ3) is 3.82. The Bertz CT molecular complexity index is 224. The lowest BCUT2D eigenvalue weighted by atomic mass is 9.78. The smallest absolute Gasteiger partial charge is 0.303 e. The highest BCUT2D eigenvalue weighted by atomic mass is 16.6. The monoisotopic (exact) mass is 213 g/mol. The molecule has 2 unspecified atom stereocenters. The zero-order valence-electron chi connectivity index (χ0n) is 10.4. The normalized spacial score (nSPS) is 31.7. The van der Waals surface area contributed by atoms with Crippen molar-refractivity contribution in [2.75, 3.05) is 20.6 Å². The summed E-state index contributed by atoms with van der Waals surface area (Å²) >= 11 is 0. The van der Waals surface area contributed by atoms with Gasteiger partial charge in [-0.1, -0.05) is 13.3 Å². The summed E-state index contributed by atoms with van der Waals surface area (Å²) in [5.74, 6) is 0.518. The molecule has 0 spiro atoms. The number of hydrogen-bond donors (Lipinski definition) is 0. The van der Waals surface area contributed by atoms with E-state index in [1.807, 2.05) is 14.1 Å². The van der Waals surface area contributed by atoms with Gasteiger partial charge in [0.25, 0.3) is 0 Å². The molecular weight excluding hydrogens is 190 g/mol. The zero-order chi connectivity index (χ0) is 11.5. The molecule has 1 aliphatic rings. The Morgan fingerprint density at radius 3 is 2.67 bits per heavy atom. The van der Waals surface area contributed by atoms with Gasteiger partial charge in [0.15, 0.2) is 0 Å². The molecule has 1 aliphatic carbocycles. The molecule has 0 N–H and O–H groups in total. The van der Waals surface area contributed by atoms with Crippen molar-refractivity contribution in [3.05, 3.63) is 0 Å². The van der Waals surface area contributed by atoms with Gasteiger partial charge in [0, 0.05) is 13.5 Å². The van der Waals surface area contributed by atoms with Crippen LogP contribution in [0.1, 0.15) is 39.5 Å². The van der Waals surface area contributed by atoms with E-state index in [-0.39, 0.29) is 11.6 Å². The Balaban J connectivity index is 2.70. The molecule has 88 valence electrons. The molecule has 1 fully saturated rings. The van der Waals surface area contributed by atoms with E-state index < -0.39 is 0 Å². The number of nitrogens with zero attached hydrogens (tertiary/aromatic N) is 1. The second kappa shape index (κ2) is 4.97. The maximum absolute atomic E-state index is 11.2. The first kappa shape index (κ1) is 12.5. The van der Waals surface area contributed by atoms with Crippen LogP contribution in [0.5, 0.6) is 0 Å². The number of ether oxygens (including phenoxy) is 1. The molecular formula is C12H23NO2. The molecule has 1 saturated carbocycles. The summed E-state index contributed by atoms with van der Waals surface area (Å²) in [5, 5.41) is 0. The van der Waals surface area contributed by atoms with Crippen LogP contribution in [0, 0.1) is 5.92 Å². The molecule has 15 heavy (non-hydrogen) atoms. The molecule has 2 atom stereocenters. The Hall–Kier alpha value is -0.570. The van der Waals surface area contributed by atoms with Crippen molar-refractivity contribution < 1.29 is 9.53 Å². The number of likely N-dealkylation sites (N-methyl/N-ethyl adjacent to an activating group) is 1. The van der Waals surface area contributed by atoms with Gasteiger partial charge in [-0.2, -0.15) is 0 Å². The van der Waals surface area contributed by atoms with Crippen LogP contribution in [0.25, 0.3) is 0 Å². The molecule has 0 bridgehead atoms. The first-order chi connectivity index (χ1) is 6.93. The first-order valence-corrected chi connectivity index (χ1v) is 5.78. The lowest BCUT2D eigenvalue weighted by Gasteiger charge is -2.40. The van der Waals surface area contributed by atoms with Crippen LogP contribution < -0.4 is 0 Å². The maximum Gasteiger partial charge on any atom is 0.303 e. The number of rotatable bonds is 3. The van der Waals surface area contributed by atoms with E-state index in [0.717, 1.165) is 19.4 Å². The van der Waals surface area contributed by atoms with Gasteiger partial charge in [-0.3, -0.25) is 4.79 Å². The number of carbonyl (C=O) groups is 1. The van der Waals surface area contributed by atoms with Gasteiger partial charge in [0.1, 0.15) is 5.60 Å². The van der Waals surface area contributed by atoms with Crippen LogP contribution in [0.3, 0.4) is 0 Å². The van der Waals surface area contributed by atoms with Crippen LogP contribution in [0.15, 0.2) is 0 Å². The third-order valence-electron chi connectivity index (χ3n) is 3.01. The summed E-state index contributed by atoms with van der Waals surface area (Å²) in [6, 6.07) is 0. The number of carbonyl (C=O) groups excluding carboxylic acids is 1. The van der Waals surface area contributed by atoms with E-state index in [1.165, 1.54) is 19.8 Å². The number of hydrogen-bond acceptors (Lipinski definition) is 3. The highest BCUT2D eigenvalue weighted by Crippen LogP contribution is 2.35. The van der Waals surface area contributed by atoms with Crippen molar-refractivity contribution >= 4 is 5.97 Å². The van der Waals surface area contributed by atoms with Crippen LogP contribution in [0.4, 0.5) is 0 Å². The van der Waals surface area contributed by atoms with Gasteiger partial charge in [0.05, 0.1) is 0 Å². The molecule has 0 aliphatic heterocycles. The van der Waals surface area contributed by atoms with E-state index in [9.17, 15) is 4.79 Å². The minimum atomic E-state index is -0.229. The van der Waals surface area contributed by atoms with Crippen molar-refractivity contribution in [1.29, 1.82) is 0 Å². The van der Waals surface area contributed by atoms with Gasteiger partial charge >= 0.3 is 5.97 Å². The molecule has 3 heteroatoms. The summed E-state index contributed by atoms with van der Waals surface area (Å²) in [4.78, 5) is 13.3. The SMILES string of the molecule is CC(=O)OC1(CN(C)C)CCCC(C)C1. The molecule has 0 aromatic rings. The summed E-state index contributed by atoms with van der Waals surface area (Å²) < 4.78 is 5.58. The van der Waals surface area contributed by atoms with Gasteiger partial charge in [0.2, 0.25) is 0 Å². The summed E-state index contributed by atoms with van der Waals surface area (Å²) in [7, 11) is 4.06. The second-order valence-corrected chi connectivity index (χ2v) is 5.22. The molecule has 1 rings (SSSR count). The zero-order valence-corrected chi connectivity index (χ0v) is 10.4. The van der Waals surface area contributed by atoms with Crippen LogP contribution in [-0.4, -0.2) is 37.1 Å². The van der Waals surface area contributed by atoms with Gasteiger partial charge in [-0.15, -0.1) is 0 Å². The van der Waals surface area contributed by atoms with Crippen LogP contribution in [0.2, 0.25) is 0 Å². The number of esters is 1. The lowest BCUT2D eigenvalue weighted by molar-refractivity contribution is -0.164. The Labute approximate surface area is 92.8 Å². The fraction of sp³-hybridized carbons (Fsp3) is 0.917. The van der Waals surface area contributed by atoms with E-state index in [4.69, 9.17) is 4.74 Å². The largest absolute Gasteiger partial charge is 0.458 e. The Morgan fingerprint density at radius 2 is 2.20 bits per heavy atom. The fourth-order valence-corrected chi connectivity index (χ4v) is 2.76. The molecule has 0 aromatic carbocycles. The van der Waals surface area contributed by atoms with Gasteiger partial charge in [-0.05, 0) is 39.3 Å². The lowest BCUT2D eigenvalue weighted by Crippen LogP contribution is -2.47. The quantitative estimate of drug-likeness (QED) is 0.672. The fourth-order valence-electron chi connectivity index (χ4n) is 2.76. The minimum absolute atomic E-state index is 0.147. The van der Waals surface area contributed by atoms with E-state index in [0.29, 0.717) is 5.92 Å².